The van der Waals surface area contributed by atoms with Gasteiger partial charge in [0.15, 0.2) is 9.84 Å². The van der Waals surface area contributed by atoms with Gasteiger partial charge in [-0.1, -0.05) is 0 Å². The van der Waals surface area contributed by atoms with E-state index in [2.05, 4.69) is 0 Å². The molecule has 3 rings (SSSR count). The van der Waals surface area contributed by atoms with Crippen LogP contribution in [0.4, 0.5) is 0 Å². The fourth-order valence-electron chi connectivity index (χ4n) is 2.49. The molecule has 1 unspecified atom stereocenters. The maximum atomic E-state index is 12.3. The van der Waals surface area contributed by atoms with Crippen LogP contribution in [0.15, 0.2) is 45.8 Å². The predicted molar refractivity (Wildman–Crippen MR) is 74.3 cm³/mol. The lowest BCUT2D eigenvalue weighted by Crippen LogP contribution is -2.32. The first-order valence-electron chi connectivity index (χ1n) is 6.62. The van der Waals surface area contributed by atoms with Crippen LogP contribution in [0.3, 0.4) is 0 Å². The molecule has 21 heavy (non-hydrogen) atoms. The number of hydrogen-bond acceptors (Lipinski definition) is 5. The zero-order valence-corrected chi connectivity index (χ0v) is 12.1. The molecule has 1 atom stereocenters. The number of rotatable bonds is 4. The molecule has 7 heteroatoms. The van der Waals surface area contributed by atoms with Crippen molar-refractivity contribution in [3.8, 4) is 0 Å². The Hall–Kier alpha value is -2.02. The van der Waals surface area contributed by atoms with E-state index in [-0.39, 0.29) is 18.2 Å². The molecule has 1 saturated heterocycles. The second-order valence-electron chi connectivity index (χ2n) is 5.06. The number of nitrogens with zero attached hydrogens (tertiary/aromatic N) is 1. The van der Waals surface area contributed by atoms with Crippen molar-refractivity contribution in [1.82, 2.24) is 4.90 Å². The largest absolute Gasteiger partial charge is 0.472 e. The molecule has 2 aromatic heterocycles. The molecule has 6 nitrogen and oxygen atoms in total. The normalized spacial score (nSPS) is 19.0. The standard InChI is InChI=1S/C14H15NO5S/c16-14(11-4-7-19-9-11)15-5-3-13(8-15)21(17,18)10-12-2-1-6-20-12/h1-2,4,6-7,9,13H,3,5,8,10H2. The lowest BCUT2D eigenvalue weighted by Gasteiger charge is -2.15. The van der Waals surface area contributed by atoms with Gasteiger partial charge in [-0.25, -0.2) is 8.42 Å². The highest BCUT2D eigenvalue weighted by Crippen LogP contribution is 2.22. The Kier molecular flexibility index (Phi) is 3.59. The summed E-state index contributed by atoms with van der Waals surface area (Å²) in [6, 6.07) is 4.88. The van der Waals surface area contributed by atoms with Crippen molar-refractivity contribution < 1.29 is 22.0 Å². The van der Waals surface area contributed by atoms with Crippen LogP contribution in [0, 0.1) is 0 Å². The Balaban J connectivity index is 1.68. The zero-order chi connectivity index (χ0) is 14.9. The van der Waals surface area contributed by atoms with Gasteiger partial charge in [0.2, 0.25) is 0 Å². The Morgan fingerprint density at radius 3 is 2.86 bits per heavy atom. The monoisotopic (exact) mass is 309 g/mol. The Morgan fingerprint density at radius 2 is 2.19 bits per heavy atom. The molecule has 1 fully saturated rings. The van der Waals surface area contributed by atoms with Crippen LogP contribution >= 0.6 is 0 Å². The van der Waals surface area contributed by atoms with Gasteiger partial charge in [0.05, 0.1) is 23.3 Å². The first kappa shape index (κ1) is 13.9. The third-order valence-corrected chi connectivity index (χ3v) is 5.72. The van der Waals surface area contributed by atoms with E-state index in [9.17, 15) is 13.2 Å². The van der Waals surface area contributed by atoms with E-state index in [0.717, 1.165) is 0 Å². The van der Waals surface area contributed by atoms with E-state index in [1.807, 2.05) is 0 Å². The van der Waals surface area contributed by atoms with Crippen LogP contribution in [-0.2, 0) is 15.6 Å². The van der Waals surface area contributed by atoms with Gasteiger partial charge in [-0.2, -0.15) is 0 Å². The van der Waals surface area contributed by atoms with Gasteiger partial charge in [0.25, 0.3) is 5.91 Å². The molecule has 0 bridgehead atoms. The molecular formula is C14H15NO5S. The van der Waals surface area contributed by atoms with Crippen LogP contribution in [0.1, 0.15) is 22.5 Å². The lowest BCUT2D eigenvalue weighted by atomic mass is 10.3. The van der Waals surface area contributed by atoms with E-state index in [4.69, 9.17) is 8.83 Å². The van der Waals surface area contributed by atoms with Crippen LogP contribution < -0.4 is 0 Å². The van der Waals surface area contributed by atoms with Crippen molar-refractivity contribution in [2.45, 2.75) is 17.4 Å². The molecule has 3 heterocycles. The van der Waals surface area contributed by atoms with Gasteiger partial charge in [0.1, 0.15) is 17.8 Å². The van der Waals surface area contributed by atoms with E-state index in [1.165, 1.54) is 18.8 Å². The molecule has 0 aliphatic carbocycles. The van der Waals surface area contributed by atoms with E-state index in [0.29, 0.717) is 24.3 Å². The summed E-state index contributed by atoms with van der Waals surface area (Å²) in [6.07, 6.45) is 4.70. The third kappa shape index (κ3) is 2.87. The quantitative estimate of drug-likeness (QED) is 0.858. The molecule has 0 N–H and O–H groups in total. The number of sulfone groups is 1. The number of carbonyl (C=O) groups is 1. The Bertz CT molecular complexity index is 703. The summed E-state index contributed by atoms with van der Waals surface area (Å²) in [7, 11) is -3.33. The zero-order valence-electron chi connectivity index (χ0n) is 11.3. The Morgan fingerprint density at radius 1 is 1.33 bits per heavy atom. The SMILES string of the molecule is O=C(c1ccoc1)N1CCC(S(=O)(=O)Cc2ccco2)C1. The minimum absolute atomic E-state index is 0.127. The molecule has 1 aliphatic heterocycles. The number of carbonyl (C=O) groups excluding carboxylic acids is 1. The Labute approximate surface area is 122 Å². The van der Waals surface area contributed by atoms with E-state index in [1.54, 1.807) is 23.1 Å². The molecular weight excluding hydrogens is 294 g/mol. The minimum atomic E-state index is -3.33. The average molecular weight is 309 g/mol. The lowest BCUT2D eigenvalue weighted by molar-refractivity contribution is 0.0792. The number of furan rings is 2. The summed E-state index contributed by atoms with van der Waals surface area (Å²) in [5, 5.41) is -0.543. The minimum Gasteiger partial charge on any atom is -0.472 e. The maximum Gasteiger partial charge on any atom is 0.257 e. The fraction of sp³-hybridized carbons (Fsp3) is 0.357. The van der Waals surface area contributed by atoms with Crippen molar-refractivity contribution in [2.75, 3.05) is 13.1 Å². The summed E-state index contributed by atoms with van der Waals surface area (Å²) >= 11 is 0. The van der Waals surface area contributed by atoms with Gasteiger partial charge >= 0.3 is 0 Å². The van der Waals surface area contributed by atoms with Gasteiger partial charge < -0.3 is 13.7 Å². The summed E-state index contributed by atoms with van der Waals surface area (Å²) in [4.78, 5) is 13.7. The van der Waals surface area contributed by atoms with Crippen molar-refractivity contribution in [2.24, 2.45) is 0 Å². The molecule has 1 aliphatic rings. The highest BCUT2D eigenvalue weighted by molar-refractivity contribution is 7.91. The van der Waals surface area contributed by atoms with Gasteiger partial charge in [-0.05, 0) is 24.6 Å². The topological polar surface area (TPSA) is 80.7 Å². The molecule has 112 valence electrons. The predicted octanol–water partition coefficient (Wildman–Crippen LogP) is 1.70. The highest BCUT2D eigenvalue weighted by Gasteiger charge is 2.36. The van der Waals surface area contributed by atoms with E-state index < -0.39 is 15.1 Å². The average Bonchev–Trinajstić information content (AvgIpc) is 3.19. The van der Waals surface area contributed by atoms with Crippen LogP contribution in [0.25, 0.3) is 0 Å². The smallest absolute Gasteiger partial charge is 0.257 e. The van der Waals surface area contributed by atoms with Crippen molar-refractivity contribution in [3.63, 3.8) is 0 Å². The molecule has 0 saturated carbocycles. The van der Waals surface area contributed by atoms with Crippen molar-refractivity contribution >= 4 is 15.7 Å². The fourth-order valence-corrected chi connectivity index (χ4v) is 4.15. The summed E-state index contributed by atoms with van der Waals surface area (Å²) in [6.45, 7) is 0.652. The third-order valence-electron chi connectivity index (χ3n) is 3.63. The van der Waals surface area contributed by atoms with Crippen LogP contribution in [-0.4, -0.2) is 37.6 Å². The molecule has 0 radical (unpaired) electrons. The number of hydrogen-bond donors (Lipinski definition) is 0. The van der Waals surface area contributed by atoms with Crippen molar-refractivity contribution in [3.05, 3.63) is 48.3 Å². The van der Waals surface area contributed by atoms with Crippen LogP contribution in [0.2, 0.25) is 0 Å². The number of amides is 1. The van der Waals surface area contributed by atoms with E-state index >= 15 is 0 Å². The molecule has 1 amide bonds. The van der Waals surface area contributed by atoms with Gasteiger partial charge in [0, 0.05) is 13.1 Å². The van der Waals surface area contributed by atoms with Crippen LogP contribution in [0.5, 0.6) is 0 Å². The summed E-state index contributed by atoms with van der Waals surface area (Å²) < 4.78 is 34.6. The molecule has 2 aromatic rings. The van der Waals surface area contributed by atoms with Crippen molar-refractivity contribution in [1.29, 1.82) is 0 Å². The van der Waals surface area contributed by atoms with Gasteiger partial charge in [-0.15, -0.1) is 0 Å². The number of likely N-dealkylation sites (tertiary alicyclic amines) is 1. The first-order chi connectivity index (χ1) is 10.1. The maximum absolute atomic E-state index is 12.3. The molecule has 0 aromatic carbocycles. The first-order valence-corrected chi connectivity index (χ1v) is 8.33. The second-order valence-corrected chi connectivity index (χ2v) is 7.34. The van der Waals surface area contributed by atoms with Gasteiger partial charge in [-0.3, -0.25) is 4.79 Å². The summed E-state index contributed by atoms with van der Waals surface area (Å²) in [5.41, 5.74) is 0.444. The summed E-state index contributed by atoms with van der Waals surface area (Å²) in [5.74, 6) is 0.104. The second kappa shape index (κ2) is 5.40. The highest BCUT2D eigenvalue weighted by atomic mass is 32.2. The molecule has 0 spiro atoms.